The van der Waals surface area contributed by atoms with Gasteiger partial charge in [-0.1, -0.05) is 15.9 Å². The average molecular weight is 426 g/mol. The van der Waals surface area contributed by atoms with Crippen molar-refractivity contribution < 1.29 is 13.9 Å². The summed E-state index contributed by atoms with van der Waals surface area (Å²) < 4.78 is 12.3. The van der Waals surface area contributed by atoms with E-state index in [0.717, 1.165) is 15.5 Å². The van der Waals surface area contributed by atoms with Crippen LogP contribution in [0.25, 0.3) is 16.5 Å². The molecule has 2 aromatic carbocycles. The second kappa shape index (κ2) is 6.39. The summed E-state index contributed by atoms with van der Waals surface area (Å²) in [7, 11) is 0. The third-order valence-corrected chi connectivity index (χ3v) is 4.93. The SMILES string of the molecule is CC1(C)Oc2ccc3ccc(=O)oc3c2/C(=C/Nc2ccc(Br)cc2)C1=O. The zero-order valence-electron chi connectivity index (χ0n) is 14.7. The first-order valence-electron chi connectivity index (χ1n) is 8.38. The maximum atomic E-state index is 13.1. The Balaban J connectivity index is 1.91. The molecule has 0 amide bonds. The number of fused-ring (bicyclic) bond motifs is 3. The number of Topliss-reactive ketones (excluding diaryl/α,β-unsaturated/α-hetero) is 1. The van der Waals surface area contributed by atoms with E-state index in [9.17, 15) is 9.59 Å². The maximum absolute atomic E-state index is 13.1. The quantitative estimate of drug-likeness (QED) is 0.473. The van der Waals surface area contributed by atoms with Crippen molar-refractivity contribution in [1.82, 2.24) is 0 Å². The van der Waals surface area contributed by atoms with Crippen LogP contribution < -0.4 is 15.7 Å². The van der Waals surface area contributed by atoms with E-state index >= 15 is 0 Å². The minimum absolute atomic E-state index is 0.196. The van der Waals surface area contributed by atoms with Crippen molar-refractivity contribution in [1.29, 1.82) is 0 Å². The Hall–Kier alpha value is -2.86. The van der Waals surface area contributed by atoms with Gasteiger partial charge in [0, 0.05) is 27.8 Å². The predicted molar refractivity (Wildman–Crippen MR) is 108 cm³/mol. The van der Waals surface area contributed by atoms with Crippen molar-refractivity contribution in [3.63, 3.8) is 0 Å². The summed E-state index contributed by atoms with van der Waals surface area (Å²) in [6.45, 7) is 3.44. The van der Waals surface area contributed by atoms with Gasteiger partial charge in [0.25, 0.3) is 0 Å². The molecule has 2 heterocycles. The van der Waals surface area contributed by atoms with Crippen LogP contribution >= 0.6 is 15.9 Å². The lowest BCUT2D eigenvalue weighted by Gasteiger charge is -2.32. The van der Waals surface area contributed by atoms with Gasteiger partial charge in [-0.05, 0) is 56.3 Å². The minimum atomic E-state index is -1.02. The Morgan fingerprint density at radius 2 is 1.70 bits per heavy atom. The summed E-state index contributed by atoms with van der Waals surface area (Å²) >= 11 is 3.40. The fraction of sp³-hybridized carbons (Fsp3) is 0.143. The zero-order chi connectivity index (χ0) is 19.2. The number of halogens is 1. The third kappa shape index (κ3) is 3.17. The topological polar surface area (TPSA) is 68.5 Å². The molecule has 1 aliphatic heterocycles. The lowest BCUT2D eigenvalue weighted by atomic mass is 9.87. The van der Waals surface area contributed by atoms with E-state index in [0.29, 0.717) is 22.5 Å². The number of carbonyl (C=O) groups is 1. The number of rotatable bonds is 2. The third-order valence-electron chi connectivity index (χ3n) is 4.40. The fourth-order valence-corrected chi connectivity index (χ4v) is 3.32. The van der Waals surface area contributed by atoms with Crippen LogP contribution in [0.3, 0.4) is 0 Å². The molecule has 0 fully saturated rings. The standard InChI is InChI=1S/C21H16BrNO4/c1-21(2)20(25)15(11-23-14-7-5-13(22)6-8-14)18-16(27-21)9-3-12-4-10-17(24)26-19(12)18/h3-11,23H,1-2H3/b15-11-. The van der Waals surface area contributed by atoms with Gasteiger partial charge in [0.05, 0.1) is 11.1 Å². The summed E-state index contributed by atoms with van der Waals surface area (Å²) in [5.41, 5.74) is 0.554. The normalized spacial score (nSPS) is 16.9. The molecular weight excluding hydrogens is 410 g/mol. The molecule has 0 atom stereocenters. The van der Waals surface area contributed by atoms with Crippen molar-refractivity contribution >= 4 is 43.9 Å². The van der Waals surface area contributed by atoms with Gasteiger partial charge >= 0.3 is 5.63 Å². The van der Waals surface area contributed by atoms with Crippen LogP contribution in [0.2, 0.25) is 0 Å². The summed E-state index contributed by atoms with van der Waals surface area (Å²) in [5, 5.41) is 3.87. The molecule has 4 rings (SSSR count). The molecule has 5 nitrogen and oxygen atoms in total. The highest BCUT2D eigenvalue weighted by atomic mass is 79.9. The molecule has 6 heteroatoms. The lowest BCUT2D eigenvalue weighted by Crippen LogP contribution is -2.42. The van der Waals surface area contributed by atoms with E-state index in [1.807, 2.05) is 30.3 Å². The minimum Gasteiger partial charge on any atom is -0.479 e. The van der Waals surface area contributed by atoms with Crippen molar-refractivity contribution in [2.75, 3.05) is 5.32 Å². The average Bonchev–Trinajstić information content (AvgIpc) is 2.63. The predicted octanol–water partition coefficient (Wildman–Crippen LogP) is 4.75. The smallest absolute Gasteiger partial charge is 0.336 e. The number of hydrogen-bond donors (Lipinski definition) is 1. The van der Waals surface area contributed by atoms with Crippen LogP contribution in [0.1, 0.15) is 19.4 Å². The van der Waals surface area contributed by atoms with Gasteiger partial charge in [-0.15, -0.1) is 0 Å². The van der Waals surface area contributed by atoms with Crippen LogP contribution in [-0.2, 0) is 4.79 Å². The number of ether oxygens (including phenoxy) is 1. The first-order chi connectivity index (χ1) is 12.8. The van der Waals surface area contributed by atoms with E-state index < -0.39 is 11.2 Å². The molecular formula is C21H16BrNO4. The molecule has 0 radical (unpaired) electrons. The van der Waals surface area contributed by atoms with Gasteiger partial charge in [0.1, 0.15) is 11.3 Å². The molecule has 0 bridgehead atoms. The first kappa shape index (κ1) is 17.5. The molecule has 0 saturated heterocycles. The van der Waals surface area contributed by atoms with Gasteiger partial charge in [-0.25, -0.2) is 4.79 Å². The molecule has 1 aliphatic rings. The van der Waals surface area contributed by atoms with Gasteiger partial charge in [-0.3, -0.25) is 4.79 Å². The molecule has 0 spiro atoms. The second-order valence-corrected chi connectivity index (χ2v) is 7.68. The second-order valence-electron chi connectivity index (χ2n) is 6.76. The number of carbonyl (C=O) groups excluding carboxylic acids is 1. The molecule has 136 valence electrons. The fourth-order valence-electron chi connectivity index (χ4n) is 3.05. The highest BCUT2D eigenvalue weighted by molar-refractivity contribution is 9.10. The zero-order valence-corrected chi connectivity index (χ0v) is 16.3. The molecule has 3 aromatic rings. The Morgan fingerprint density at radius 3 is 2.44 bits per heavy atom. The molecule has 0 unspecified atom stereocenters. The van der Waals surface area contributed by atoms with Crippen LogP contribution in [0.15, 0.2) is 68.4 Å². The van der Waals surface area contributed by atoms with E-state index in [-0.39, 0.29) is 5.78 Å². The van der Waals surface area contributed by atoms with Crippen LogP contribution in [0.4, 0.5) is 5.69 Å². The Bertz CT molecular complexity index is 1140. The van der Waals surface area contributed by atoms with Crippen LogP contribution in [-0.4, -0.2) is 11.4 Å². The summed E-state index contributed by atoms with van der Waals surface area (Å²) in [5.74, 6) is 0.309. The summed E-state index contributed by atoms with van der Waals surface area (Å²) in [6, 6.07) is 14.2. The number of benzene rings is 2. The Kier molecular flexibility index (Phi) is 4.15. The highest BCUT2D eigenvalue weighted by Crippen LogP contribution is 2.41. The van der Waals surface area contributed by atoms with Gasteiger partial charge in [0.2, 0.25) is 5.78 Å². The first-order valence-corrected chi connectivity index (χ1v) is 9.18. The molecule has 0 aliphatic carbocycles. The molecule has 1 N–H and O–H groups in total. The van der Waals surface area contributed by atoms with Crippen LogP contribution in [0, 0.1) is 0 Å². The van der Waals surface area contributed by atoms with E-state index in [4.69, 9.17) is 9.15 Å². The highest BCUT2D eigenvalue weighted by Gasteiger charge is 2.40. The lowest BCUT2D eigenvalue weighted by molar-refractivity contribution is -0.126. The Labute approximate surface area is 163 Å². The molecule has 0 saturated carbocycles. The van der Waals surface area contributed by atoms with Crippen molar-refractivity contribution in [2.24, 2.45) is 0 Å². The number of nitrogens with one attached hydrogen (secondary N) is 1. The Morgan fingerprint density at radius 1 is 1.00 bits per heavy atom. The monoisotopic (exact) mass is 425 g/mol. The maximum Gasteiger partial charge on any atom is 0.336 e. The number of anilines is 1. The van der Waals surface area contributed by atoms with Crippen LogP contribution in [0.5, 0.6) is 5.75 Å². The van der Waals surface area contributed by atoms with Crippen molar-refractivity contribution in [3.8, 4) is 5.75 Å². The van der Waals surface area contributed by atoms with E-state index in [2.05, 4.69) is 21.2 Å². The van der Waals surface area contributed by atoms with Crippen molar-refractivity contribution in [3.05, 3.63) is 75.2 Å². The molecule has 1 aromatic heterocycles. The number of hydrogen-bond acceptors (Lipinski definition) is 5. The molecule has 27 heavy (non-hydrogen) atoms. The largest absolute Gasteiger partial charge is 0.479 e. The summed E-state index contributed by atoms with van der Waals surface area (Å²) in [6.07, 6.45) is 1.64. The van der Waals surface area contributed by atoms with E-state index in [1.54, 1.807) is 32.2 Å². The summed E-state index contributed by atoms with van der Waals surface area (Å²) in [4.78, 5) is 24.8. The van der Waals surface area contributed by atoms with Gasteiger partial charge in [0.15, 0.2) is 5.60 Å². The number of ketones is 1. The van der Waals surface area contributed by atoms with Gasteiger partial charge < -0.3 is 14.5 Å². The van der Waals surface area contributed by atoms with E-state index in [1.165, 1.54) is 6.07 Å². The van der Waals surface area contributed by atoms with Crippen molar-refractivity contribution in [2.45, 2.75) is 19.4 Å². The van der Waals surface area contributed by atoms with Gasteiger partial charge in [-0.2, -0.15) is 0 Å².